The number of benzene rings is 1. The van der Waals surface area contributed by atoms with Gasteiger partial charge in [-0.15, -0.1) is 0 Å². The van der Waals surface area contributed by atoms with Gasteiger partial charge in [-0.1, -0.05) is 23.7 Å². The first-order valence-corrected chi connectivity index (χ1v) is 5.14. The quantitative estimate of drug-likeness (QED) is 0.841. The fourth-order valence-corrected chi connectivity index (χ4v) is 1.86. The summed E-state index contributed by atoms with van der Waals surface area (Å²) in [6.07, 6.45) is 3.33. The van der Waals surface area contributed by atoms with Crippen LogP contribution in [0.25, 0.3) is 11.1 Å². The maximum absolute atomic E-state index is 6.13. The van der Waals surface area contributed by atoms with E-state index >= 15 is 0 Å². The molecule has 0 amide bonds. The Labute approximate surface area is 93.7 Å². The van der Waals surface area contributed by atoms with Crippen molar-refractivity contribution >= 4 is 11.6 Å². The van der Waals surface area contributed by atoms with Crippen LogP contribution in [0.3, 0.4) is 0 Å². The third kappa shape index (κ3) is 2.06. The average molecular weight is 222 g/mol. The molecule has 2 nitrogen and oxygen atoms in total. The molecule has 2 rings (SSSR count). The lowest BCUT2D eigenvalue weighted by Crippen LogP contribution is -2.05. The highest BCUT2D eigenvalue weighted by Gasteiger charge is 2.07. The minimum atomic E-state index is -0.0455. The number of hydrogen-bond donors (Lipinski definition) is 1. The van der Waals surface area contributed by atoms with Crippen LogP contribution in [0.5, 0.6) is 0 Å². The molecule has 1 atom stereocenters. The lowest BCUT2D eigenvalue weighted by Gasteiger charge is -2.09. The molecule has 2 N–H and O–H groups in total. The highest BCUT2D eigenvalue weighted by molar-refractivity contribution is 6.31. The largest absolute Gasteiger partial charge is 0.472 e. The van der Waals surface area contributed by atoms with E-state index in [1.807, 2.05) is 31.2 Å². The van der Waals surface area contributed by atoms with Crippen molar-refractivity contribution in [2.45, 2.75) is 13.0 Å². The lowest BCUT2D eigenvalue weighted by molar-refractivity contribution is 0.568. The smallest absolute Gasteiger partial charge is 0.0980 e. The Morgan fingerprint density at radius 2 is 2.07 bits per heavy atom. The van der Waals surface area contributed by atoms with Gasteiger partial charge in [0, 0.05) is 16.6 Å². The highest BCUT2D eigenvalue weighted by Crippen LogP contribution is 2.28. The van der Waals surface area contributed by atoms with Crippen molar-refractivity contribution in [1.29, 1.82) is 0 Å². The molecular formula is C12H12ClNO. The molecule has 1 unspecified atom stereocenters. The number of hydrogen-bond acceptors (Lipinski definition) is 2. The van der Waals surface area contributed by atoms with Crippen molar-refractivity contribution in [2.75, 3.05) is 0 Å². The van der Waals surface area contributed by atoms with Crippen LogP contribution in [-0.4, -0.2) is 0 Å². The Bertz CT molecular complexity index is 449. The van der Waals surface area contributed by atoms with Gasteiger partial charge in [0.25, 0.3) is 0 Å². The van der Waals surface area contributed by atoms with Crippen LogP contribution < -0.4 is 5.73 Å². The van der Waals surface area contributed by atoms with E-state index in [0.717, 1.165) is 16.7 Å². The van der Waals surface area contributed by atoms with Crippen LogP contribution in [0.2, 0.25) is 5.02 Å². The molecule has 0 radical (unpaired) electrons. The maximum atomic E-state index is 6.13. The van der Waals surface area contributed by atoms with Crippen molar-refractivity contribution in [3.05, 3.63) is 47.4 Å². The van der Waals surface area contributed by atoms with Gasteiger partial charge >= 0.3 is 0 Å². The molecule has 0 aliphatic heterocycles. The molecular weight excluding hydrogens is 210 g/mol. The van der Waals surface area contributed by atoms with Gasteiger partial charge in [-0.2, -0.15) is 0 Å². The monoisotopic (exact) mass is 221 g/mol. The summed E-state index contributed by atoms with van der Waals surface area (Å²) in [7, 11) is 0. The van der Waals surface area contributed by atoms with E-state index in [4.69, 9.17) is 21.8 Å². The Morgan fingerprint density at radius 3 is 2.60 bits per heavy atom. The summed E-state index contributed by atoms with van der Waals surface area (Å²) in [4.78, 5) is 0. The fourth-order valence-electron chi connectivity index (χ4n) is 1.50. The van der Waals surface area contributed by atoms with Gasteiger partial charge in [0.15, 0.2) is 0 Å². The van der Waals surface area contributed by atoms with Crippen LogP contribution in [0.1, 0.15) is 18.5 Å². The van der Waals surface area contributed by atoms with Gasteiger partial charge in [0.1, 0.15) is 0 Å². The van der Waals surface area contributed by atoms with Gasteiger partial charge in [-0.05, 0) is 30.2 Å². The molecule has 0 saturated heterocycles. The van der Waals surface area contributed by atoms with Crippen LogP contribution in [0, 0.1) is 0 Å². The molecule has 1 aromatic carbocycles. The summed E-state index contributed by atoms with van der Waals surface area (Å²) >= 11 is 6.13. The Kier molecular flexibility index (Phi) is 2.80. The maximum Gasteiger partial charge on any atom is 0.0980 e. The van der Waals surface area contributed by atoms with Crippen molar-refractivity contribution < 1.29 is 4.42 Å². The minimum Gasteiger partial charge on any atom is -0.472 e. The fraction of sp³-hybridized carbons (Fsp3) is 0.167. The van der Waals surface area contributed by atoms with Gasteiger partial charge < -0.3 is 10.2 Å². The zero-order valence-electron chi connectivity index (χ0n) is 8.41. The molecule has 0 bridgehead atoms. The lowest BCUT2D eigenvalue weighted by atomic mass is 10.0. The average Bonchev–Trinajstić information content (AvgIpc) is 2.69. The first kappa shape index (κ1) is 10.3. The summed E-state index contributed by atoms with van der Waals surface area (Å²) in [5, 5.41) is 0.698. The van der Waals surface area contributed by atoms with E-state index in [2.05, 4.69) is 0 Å². The van der Waals surface area contributed by atoms with Crippen molar-refractivity contribution in [2.24, 2.45) is 5.73 Å². The van der Waals surface area contributed by atoms with E-state index in [0.29, 0.717) is 5.02 Å². The van der Waals surface area contributed by atoms with E-state index < -0.39 is 0 Å². The van der Waals surface area contributed by atoms with E-state index in [9.17, 15) is 0 Å². The predicted octanol–water partition coefficient (Wildman–Crippen LogP) is 3.62. The van der Waals surface area contributed by atoms with Crippen molar-refractivity contribution in [3.8, 4) is 11.1 Å². The summed E-state index contributed by atoms with van der Waals surface area (Å²) in [5.41, 5.74) is 8.80. The zero-order chi connectivity index (χ0) is 10.8. The second kappa shape index (κ2) is 4.09. The first-order valence-electron chi connectivity index (χ1n) is 4.76. The number of halogens is 1. The first-order chi connectivity index (χ1) is 7.18. The zero-order valence-corrected chi connectivity index (χ0v) is 9.16. The Morgan fingerprint density at radius 1 is 1.27 bits per heavy atom. The van der Waals surface area contributed by atoms with E-state index in [1.165, 1.54) is 0 Å². The molecule has 15 heavy (non-hydrogen) atoms. The summed E-state index contributed by atoms with van der Waals surface area (Å²) in [6.45, 7) is 1.92. The number of nitrogens with two attached hydrogens (primary N) is 1. The Hall–Kier alpha value is -1.25. The molecule has 2 aromatic rings. The van der Waals surface area contributed by atoms with Gasteiger partial charge in [-0.25, -0.2) is 0 Å². The van der Waals surface area contributed by atoms with E-state index in [-0.39, 0.29) is 6.04 Å². The second-order valence-corrected chi connectivity index (χ2v) is 3.94. The van der Waals surface area contributed by atoms with Gasteiger partial charge in [0.05, 0.1) is 12.5 Å². The summed E-state index contributed by atoms with van der Waals surface area (Å²) < 4.78 is 5.02. The normalized spacial score (nSPS) is 12.7. The third-order valence-electron chi connectivity index (χ3n) is 2.35. The molecule has 0 aliphatic carbocycles. The highest BCUT2D eigenvalue weighted by atomic mass is 35.5. The van der Waals surface area contributed by atoms with Gasteiger partial charge in [0.2, 0.25) is 0 Å². The molecule has 0 saturated carbocycles. The second-order valence-electron chi connectivity index (χ2n) is 3.54. The Balaban J connectivity index is 2.42. The number of furan rings is 1. The predicted molar refractivity (Wildman–Crippen MR) is 61.8 cm³/mol. The molecule has 3 heteroatoms. The van der Waals surface area contributed by atoms with E-state index in [1.54, 1.807) is 12.5 Å². The standard InChI is InChI=1S/C12H12ClNO/c1-8(14)11-3-2-9(6-12(11)13)10-4-5-15-7-10/h2-8H,14H2,1H3. The van der Waals surface area contributed by atoms with Gasteiger partial charge in [-0.3, -0.25) is 0 Å². The molecule has 1 heterocycles. The topological polar surface area (TPSA) is 39.2 Å². The molecule has 1 aromatic heterocycles. The molecule has 0 spiro atoms. The summed E-state index contributed by atoms with van der Waals surface area (Å²) in [6, 6.07) is 7.71. The summed E-state index contributed by atoms with van der Waals surface area (Å²) in [5.74, 6) is 0. The number of rotatable bonds is 2. The molecule has 0 fully saturated rings. The van der Waals surface area contributed by atoms with Crippen LogP contribution in [0.4, 0.5) is 0 Å². The molecule has 78 valence electrons. The molecule has 0 aliphatic rings. The minimum absolute atomic E-state index is 0.0455. The van der Waals surface area contributed by atoms with Crippen LogP contribution in [-0.2, 0) is 0 Å². The van der Waals surface area contributed by atoms with Crippen LogP contribution in [0.15, 0.2) is 41.2 Å². The van der Waals surface area contributed by atoms with Crippen LogP contribution >= 0.6 is 11.6 Å². The van der Waals surface area contributed by atoms with Crippen molar-refractivity contribution in [3.63, 3.8) is 0 Å². The third-order valence-corrected chi connectivity index (χ3v) is 2.67. The van der Waals surface area contributed by atoms with Crippen molar-refractivity contribution in [1.82, 2.24) is 0 Å². The SMILES string of the molecule is CC(N)c1ccc(-c2ccoc2)cc1Cl.